The van der Waals surface area contributed by atoms with Gasteiger partial charge < -0.3 is 14.6 Å². The van der Waals surface area contributed by atoms with Gasteiger partial charge in [-0.15, -0.1) is 0 Å². The number of rotatable bonds is 5. The number of hydrogen-bond donors (Lipinski definition) is 2. The summed E-state index contributed by atoms with van der Waals surface area (Å²) in [6.07, 6.45) is 4.96. The monoisotopic (exact) mass is 313 g/mol. The van der Waals surface area contributed by atoms with Crippen LogP contribution in [0.3, 0.4) is 0 Å². The van der Waals surface area contributed by atoms with Crippen LogP contribution < -0.4 is 10.0 Å². The molecule has 0 aliphatic carbocycles. The van der Waals surface area contributed by atoms with Crippen LogP contribution in [-0.2, 0) is 16.6 Å². The number of hydrogen-bond acceptors (Lipinski definition) is 5. The molecule has 2 saturated heterocycles. The third-order valence-electron chi connectivity index (χ3n) is 4.56. The summed E-state index contributed by atoms with van der Waals surface area (Å²) < 4.78 is 30.9. The Kier molecular flexibility index (Phi) is 4.35. The van der Waals surface area contributed by atoms with Crippen LogP contribution in [0.25, 0.3) is 0 Å². The van der Waals surface area contributed by atoms with E-state index in [4.69, 9.17) is 4.42 Å². The van der Waals surface area contributed by atoms with Gasteiger partial charge in [-0.3, -0.25) is 0 Å². The molecule has 118 valence electrons. The summed E-state index contributed by atoms with van der Waals surface area (Å²) in [6.45, 7) is 3.00. The smallest absolute Gasteiger partial charge is 0.273 e. The lowest BCUT2D eigenvalue weighted by Crippen LogP contribution is -2.45. The molecule has 3 rings (SSSR count). The zero-order valence-corrected chi connectivity index (χ0v) is 13.2. The van der Waals surface area contributed by atoms with Crippen LogP contribution in [0.4, 0.5) is 0 Å². The minimum absolute atomic E-state index is 0.0209. The molecule has 0 radical (unpaired) electrons. The summed E-state index contributed by atoms with van der Waals surface area (Å²) in [5.41, 5.74) is 0. The molecule has 7 heteroatoms. The van der Waals surface area contributed by atoms with Gasteiger partial charge in [-0.2, -0.15) is 0 Å². The van der Waals surface area contributed by atoms with Crippen LogP contribution in [0, 0.1) is 0 Å². The zero-order valence-electron chi connectivity index (χ0n) is 12.3. The Morgan fingerprint density at radius 2 is 2.19 bits per heavy atom. The molecule has 2 unspecified atom stereocenters. The topological polar surface area (TPSA) is 74.6 Å². The van der Waals surface area contributed by atoms with Gasteiger partial charge in [0.15, 0.2) is 0 Å². The van der Waals surface area contributed by atoms with E-state index in [2.05, 4.69) is 14.9 Å². The number of nitrogens with one attached hydrogen (secondary N) is 2. The van der Waals surface area contributed by atoms with Crippen molar-refractivity contribution in [2.24, 2.45) is 0 Å². The van der Waals surface area contributed by atoms with E-state index in [9.17, 15) is 8.42 Å². The zero-order chi connectivity index (χ0) is 14.9. The first-order valence-corrected chi connectivity index (χ1v) is 9.06. The van der Waals surface area contributed by atoms with E-state index >= 15 is 0 Å². The van der Waals surface area contributed by atoms with Gasteiger partial charge in [-0.05, 0) is 58.0 Å². The maximum Gasteiger partial charge on any atom is 0.273 e. The molecule has 2 fully saturated rings. The van der Waals surface area contributed by atoms with Crippen LogP contribution >= 0.6 is 0 Å². The molecule has 0 bridgehead atoms. The van der Waals surface area contributed by atoms with E-state index in [1.165, 1.54) is 45.5 Å². The Balaban J connectivity index is 1.54. The van der Waals surface area contributed by atoms with Gasteiger partial charge in [0.05, 0.1) is 6.54 Å². The van der Waals surface area contributed by atoms with Gasteiger partial charge in [0.2, 0.25) is 5.09 Å². The number of furan rings is 1. The predicted octanol–water partition coefficient (Wildman–Crippen LogP) is 0.904. The molecule has 2 atom stereocenters. The summed E-state index contributed by atoms with van der Waals surface area (Å²) in [5, 5.41) is 3.48. The van der Waals surface area contributed by atoms with E-state index in [0.717, 1.165) is 12.5 Å². The lowest BCUT2D eigenvalue weighted by atomic mass is 9.97. The first-order valence-electron chi connectivity index (χ1n) is 7.58. The maximum absolute atomic E-state index is 11.6. The van der Waals surface area contributed by atoms with Crippen molar-refractivity contribution in [3.8, 4) is 0 Å². The predicted molar refractivity (Wildman–Crippen MR) is 79.4 cm³/mol. The molecule has 3 heterocycles. The Hall–Kier alpha value is -0.890. The van der Waals surface area contributed by atoms with Gasteiger partial charge in [0.25, 0.3) is 10.0 Å². The van der Waals surface area contributed by atoms with Crippen molar-refractivity contribution in [1.29, 1.82) is 0 Å². The van der Waals surface area contributed by atoms with E-state index in [1.807, 2.05) is 0 Å². The Morgan fingerprint density at radius 3 is 3.00 bits per heavy atom. The SMILES string of the molecule is CNS(=O)(=O)c1ccc(CNC2CCN3CCCC3C2)o1. The van der Waals surface area contributed by atoms with Crippen molar-refractivity contribution in [3.05, 3.63) is 17.9 Å². The van der Waals surface area contributed by atoms with Gasteiger partial charge in [-0.1, -0.05) is 0 Å². The summed E-state index contributed by atoms with van der Waals surface area (Å²) >= 11 is 0. The van der Waals surface area contributed by atoms with Crippen molar-refractivity contribution in [2.45, 2.75) is 49.4 Å². The van der Waals surface area contributed by atoms with Crippen LogP contribution in [-0.4, -0.2) is 45.5 Å². The fourth-order valence-electron chi connectivity index (χ4n) is 3.35. The second-order valence-corrected chi connectivity index (χ2v) is 7.68. The summed E-state index contributed by atoms with van der Waals surface area (Å²) in [6, 6.07) is 4.46. The number of sulfonamides is 1. The van der Waals surface area contributed by atoms with E-state index < -0.39 is 10.0 Å². The molecule has 2 aliphatic heterocycles. The highest BCUT2D eigenvalue weighted by molar-refractivity contribution is 7.89. The average molecular weight is 313 g/mol. The van der Waals surface area contributed by atoms with Crippen molar-refractivity contribution in [2.75, 3.05) is 20.1 Å². The van der Waals surface area contributed by atoms with Crippen LogP contribution in [0.1, 0.15) is 31.4 Å². The minimum Gasteiger partial charge on any atom is -0.447 e. The van der Waals surface area contributed by atoms with E-state index in [-0.39, 0.29) is 5.09 Å². The number of nitrogens with zero attached hydrogens (tertiary/aromatic N) is 1. The molecular formula is C14H23N3O3S. The molecular weight excluding hydrogens is 290 g/mol. The third kappa shape index (κ3) is 3.31. The largest absolute Gasteiger partial charge is 0.447 e. The summed E-state index contributed by atoms with van der Waals surface area (Å²) in [5.74, 6) is 0.665. The van der Waals surface area contributed by atoms with Crippen LogP contribution in [0.2, 0.25) is 0 Å². The number of piperidine rings is 1. The Morgan fingerprint density at radius 1 is 1.33 bits per heavy atom. The van der Waals surface area contributed by atoms with E-state index in [0.29, 0.717) is 18.3 Å². The van der Waals surface area contributed by atoms with Crippen molar-refractivity contribution in [3.63, 3.8) is 0 Å². The highest BCUT2D eigenvalue weighted by atomic mass is 32.2. The molecule has 21 heavy (non-hydrogen) atoms. The maximum atomic E-state index is 11.6. The van der Waals surface area contributed by atoms with Crippen LogP contribution in [0.15, 0.2) is 21.6 Å². The highest BCUT2D eigenvalue weighted by Gasteiger charge is 2.31. The van der Waals surface area contributed by atoms with Crippen molar-refractivity contribution < 1.29 is 12.8 Å². The Labute approximate surface area is 125 Å². The normalized spacial score (nSPS) is 26.9. The molecule has 0 saturated carbocycles. The van der Waals surface area contributed by atoms with Gasteiger partial charge in [0.1, 0.15) is 5.76 Å². The lowest BCUT2D eigenvalue weighted by molar-refractivity contribution is 0.165. The summed E-state index contributed by atoms with van der Waals surface area (Å²) in [4.78, 5) is 2.59. The van der Waals surface area contributed by atoms with Gasteiger partial charge in [0, 0.05) is 12.1 Å². The number of fused-ring (bicyclic) bond motifs is 1. The second-order valence-electron chi connectivity index (χ2n) is 5.86. The average Bonchev–Trinajstić information content (AvgIpc) is 3.13. The first-order chi connectivity index (χ1) is 10.1. The molecule has 2 aliphatic rings. The standard InChI is InChI=1S/C14H23N3O3S/c1-15-21(18,19)14-5-4-13(20-14)10-16-11-6-8-17-7-2-3-12(17)9-11/h4-5,11-12,15-16H,2-3,6-10H2,1H3. The van der Waals surface area contributed by atoms with Gasteiger partial charge in [-0.25, -0.2) is 13.1 Å². The summed E-state index contributed by atoms with van der Waals surface area (Å²) in [7, 11) is -2.10. The fraction of sp³-hybridized carbons (Fsp3) is 0.714. The molecule has 0 amide bonds. The van der Waals surface area contributed by atoms with Crippen molar-refractivity contribution >= 4 is 10.0 Å². The molecule has 1 aromatic heterocycles. The molecule has 0 aromatic carbocycles. The second kappa shape index (κ2) is 6.08. The highest BCUT2D eigenvalue weighted by Crippen LogP contribution is 2.27. The lowest BCUT2D eigenvalue weighted by Gasteiger charge is -2.35. The van der Waals surface area contributed by atoms with E-state index in [1.54, 1.807) is 6.07 Å². The Bertz CT molecular complexity index is 584. The van der Waals surface area contributed by atoms with Gasteiger partial charge >= 0.3 is 0 Å². The molecule has 0 spiro atoms. The fourth-order valence-corrected chi connectivity index (χ4v) is 4.02. The minimum atomic E-state index is -3.48. The molecule has 1 aromatic rings. The molecule has 2 N–H and O–H groups in total. The quantitative estimate of drug-likeness (QED) is 0.845. The molecule has 6 nitrogen and oxygen atoms in total. The van der Waals surface area contributed by atoms with Crippen molar-refractivity contribution in [1.82, 2.24) is 14.9 Å². The third-order valence-corrected chi connectivity index (χ3v) is 5.84. The first kappa shape index (κ1) is 15.0. The van der Waals surface area contributed by atoms with Crippen LogP contribution in [0.5, 0.6) is 0 Å².